The molecule has 20 heavy (non-hydrogen) atoms. The number of benzene rings is 1. The molecule has 0 saturated heterocycles. The minimum absolute atomic E-state index is 0.646. The van der Waals surface area contributed by atoms with Gasteiger partial charge in [0.1, 0.15) is 11.6 Å². The molecule has 1 heterocycles. The van der Waals surface area contributed by atoms with Crippen LogP contribution in [0.5, 0.6) is 5.75 Å². The van der Waals surface area contributed by atoms with Gasteiger partial charge in [0.15, 0.2) is 5.16 Å². The summed E-state index contributed by atoms with van der Waals surface area (Å²) >= 11 is 1.65. The molecule has 0 aliphatic carbocycles. The van der Waals surface area contributed by atoms with Crippen LogP contribution in [0.4, 0.5) is 0 Å². The van der Waals surface area contributed by atoms with Crippen molar-refractivity contribution in [3.8, 4) is 5.75 Å². The molecule has 5 nitrogen and oxygen atoms in total. The maximum atomic E-state index is 5.70. The molecule has 0 aliphatic heterocycles. The summed E-state index contributed by atoms with van der Waals surface area (Å²) in [5.41, 5.74) is 6.76. The first-order valence-electron chi connectivity index (χ1n) is 6.61. The van der Waals surface area contributed by atoms with E-state index in [4.69, 9.17) is 10.5 Å². The SMILES string of the molecule is Cc1nnc(SCCOc2ccc(CCN)cc2)n1C. The lowest BCUT2D eigenvalue weighted by Gasteiger charge is -2.07. The quantitative estimate of drug-likeness (QED) is 0.622. The lowest BCUT2D eigenvalue weighted by atomic mass is 10.1. The fraction of sp³-hybridized carbons (Fsp3) is 0.429. The molecule has 2 N–H and O–H groups in total. The monoisotopic (exact) mass is 292 g/mol. The molecule has 1 aromatic carbocycles. The molecule has 0 unspecified atom stereocenters. The van der Waals surface area contributed by atoms with Crippen molar-refractivity contribution in [2.45, 2.75) is 18.5 Å². The minimum Gasteiger partial charge on any atom is -0.493 e. The van der Waals surface area contributed by atoms with E-state index in [2.05, 4.69) is 22.3 Å². The Morgan fingerprint density at radius 3 is 2.60 bits per heavy atom. The van der Waals surface area contributed by atoms with Crippen molar-refractivity contribution < 1.29 is 4.74 Å². The topological polar surface area (TPSA) is 66.0 Å². The summed E-state index contributed by atoms with van der Waals surface area (Å²) < 4.78 is 7.68. The van der Waals surface area contributed by atoms with Gasteiger partial charge in [0.05, 0.1) is 6.61 Å². The number of hydrogen-bond acceptors (Lipinski definition) is 5. The number of thioether (sulfide) groups is 1. The van der Waals surface area contributed by atoms with E-state index in [1.54, 1.807) is 11.8 Å². The lowest BCUT2D eigenvalue weighted by molar-refractivity contribution is 0.343. The fourth-order valence-electron chi connectivity index (χ4n) is 1.72. The third-order valence-electron chi connectivity index (χ3n) is 2.99. The summed E-state index contributed by atoms with van der Waals surface area (Å²) in [5, 5.41) is 9.04. The first-order valence-corrected chi connectivity index (χ1v) is 7.60. The van der Waals surface area contributed by atoms with Crippen LogP contribution in [0.2, 0.25) is 0 Å². The smallest absolute Gasteiger partial charge is 0.191 e. The molecule has 0 fully saturated rings. The van der Waals surface area contributed by atoms with Crippen LogP contribution in [0.15, 0.2) is 29.4 Å². The maximum Gasteiger partial charge on any atom is 0.191 e. The predicted molar refractivity (Wildman–Crippen MR) is 81.2 cm³/mol. The van der Waals surface area contributed by atoms with Crippen LogP contribution in [0, 0.1) is 6.92 Å². The molecule has 0 atom stereocenters. The molecule has 1 aromatic heterocycles. The van der Waals surface area contributed by atoms with Gasteiger partial charge in [-0.1, -0.05) is 23.9 Å². The Kier molecular flexibility index (Phi) is 5.43. The van der Waals surface area contributed by atoms with E-state index in [1.807, 2.05) is 30.7 Å². The molecule has 2 aromatic rings. The zero-order valence-corrected chi connectivity index (χ0v) is 12.7. The number of hydrogen-bond donors (Lipinski definition) is 1. The van der Waals surface area contributed by atoms with Crippen LogP contribution < -0.4 is 10.5 Å². The predicted octanol–water partition coefficient (Wildman–Crippen LogP) is 1.80. The average Bonchev–Trinajstić information content (AvgIpc) is 2.77. The second-order valence-corrected chi connectivity index (χ2v) is 5.53. The highest BCUT2D eigenvalue weighted by molar-refractivity contribution is 7.99. The zero-order chi connectivity index (χ0) is 14.4. The minimum atomic E-state index is 0.646. The fourth-order valence-corrected chi connectivity index (χ4v) is 2.50. The molecular weight excluding hydrogens is 272 g/mol. The van der Waals surface area contributed by atoms with E-state index in [0.29, 0.717) is 13.2 Å². The summed E-state index contributed by atoms with van der Waals surface area (Å²) in [4.78, 5) is 0. The Balaban J connectivity index is 1.74. The van der Waals surface area contributed by atoms with Gasteiger partial charge in [0, 0.05) is 12.8 Å². The van der Waals surface area contributed by atoms with Crippen molar-refractivity contribution >= 4 is 11.8 Å². The van der Waals surface area contributed by atoms with E-state index in [9.17, 15) is 0 Å². The number of nitrogens with two attached hydrogens (primary N) is 1. The summed E-state index contributed by atoms with van der Waals surface area (Å²) in [6, 6.07) is 8.09. The van der Waals surface area contributed by atoms with E-state index in [0.717, 1.165) is 28.9 Å². The van der Waals surface area contributed by atoms with Crippen LogP contribution in [0.1, 0.15) is 11.4 Å². The normalized spacial score (nSPS) is 10.8. The summed E-state index contributed by atoms with van der Waals surface area (Å²) in [5.74, 6) is 2.65. The summed E-state index contributed by atoms with van der Waals surface area (Å²) in [6.45, 7) is 3.26. The van der Waals surface area contributed by atoms with Crippen molar-refractivity contribution in [1.82, 2.24) is 14.8 Å². The Hall–Kier alpha value is -1.53. The van der Waals surface area contributed by atoms with Gasteiger partial charge in [0.2, 0.25) is 0 Å². The highest BCUT2D eigenvalue weighted by Gasteiger charge is 2.05. The second-order valence-electron chi connectivity index (χ2n) is 4.47. The number of nitrogens with zero attached hydrogens (tertiary/aromatic N) is 3. The molecule has 2 rings (SSSR count). The Morgan fingerprint density at radius 2 is 2.00 bits per heavy atom. The van der Waals surface area contributed by atoms with Crippen molar-refractivity contribution in [3.63, 3.8) is 0 Å². The highest BCUT2D eigenvalue weighted by Crippen LogP contribution is 2.16. The van der Waals surface area contributed by atoms with Crippen LogP contribution in [0.25, 0.3) is 0 Å². The molecular formula is C14H20N4OS. The van der Waals surface area contributed by atoms with E-state index < -0.39 is 0 Å². The van der Waals surface area contributed by atoms with Gasteiger partial charge < -0.3 is 15.0 Å². The summed E-state index contributed by atoms with van der Waals surface area (Å²) in [7, 11) is 1.97. The first kappa shape index (κ1) is 14.9. The van der Waals surface area contributed by atoms with Gasteiger partial charge in [-0.2, -0.15) is 0 Å². The molecule has 0 aliphatic rings. The summed E-state index contributed by atoms with van der Waals surface area (Å²) in [6.07, 6.45) is 0.904. The maximum absolute atomic E-state index is 5.70. The van der Waals surface area contributed by atoms with Gasteiger partial charge in [-0.05, 0) is 37.6 Å². The Bertz CT molecular complexity index is 539. The third-order valence-corrected chi connectivity index (χ3v) is 3.98. The van der Waals surface area contributed by atoms with Gasteiger partial charge in [-0.15, -0.1) is 10.2 Å². The number of aromatic nitrogens is 3. The van der Waals surface area contributed by atoms with Gasteiger partial charge in [0.25, 0.3) is 0 Å². The van der Waals surface area contributed by atoms with Gasteiger partial charge in [-0.25, -0.2) is 0 Å². The van der Waals surface area contributed by atoms with E-state index in [1.165, 1.54) is 5.56 Å². The van der Waals surface area contributed by atoms with E-state index >= 15 is 0 Å². The molecule has 0 radical (unpaired) electrons. The number of rotatable bonds is 7. The lowest BCUT2D eigenvalue weighted by Crippen LogP contribution is -2.03. The first-order chi connectivity index (χ1) is 9.70. The van der Waals surface area contributed by atoms with Crippen LogP contribution in [0.3, 0.4) is 0 Å². The number of aryl methyl sites for hydroxylation is 1. The van der Waals surface area contributed by atoms with Crippen LogP contribution in [-0.2, 0) is 13.5 Å². The van der Waals surface area contributed by atoms with Crippen LogP contribution >= 0.6 is 11.8 Å². The highest BCUT2D eigenvalue weighted by atomic mass is 32.2. The Morgan fingerprint density at radius 1 is 1.25 bits per heavy atom. The molecule has 108 valence electrons. The molecule has 0 spiro atoms. The van der Waals surface area contributed by atoms with Gasteiger partial charge >= 0.3 is 0 Å². The van der Waals surface area contributed by atoms with Crippen LogP contribution in [-0.4, -0.2) is 33.7 Å². The van der Waals surface area contributed by atoms with Crippen molar-refractivity contribution in [1.29, 1.82) is 0 Å². The standard InChI is InChI=1S/C14H20N4OS/c1-11-16-17-14(18(11)2)20-10-9-19-13-5-3-12(4-6-13)7-8-15/h3-6H,7-10,15H2,1-2H3. The molecule has 0 saturated carbocycles. The van der Waals surface area contributed by atoms with Crippen molar-refractivity contribution in [2.24, 2.45) is 12.8 Å². The van der Waals surface area contributed by atoms with Crippen molar-refractivity contribution in [2.75, 3.05) is 18.9 Å². The van der Waals surface area contributed by atoms with E-state index in [-0.39, 0.29) is 0 Å². The third kappa shape index (κ3) is 3.98. The number of ether oxygens (including phenoxy) is 1. The van der Waals surface area contributed by atoms with Crippen molar-refractivity contribution in [3.05, 3.63) is 35.7 Å². The van der Waals surface area contributed by atoms with Gasteiger partial charge in [-0.3, -0.25) is 0 Å². The second kappa shape index (κ2) is 7.31. The molecule has 0 bridgehead atoms. The largest absolute Gasteiger partial charge is 0.493 e. The average molecular weight is 292 g/mol. The Labute approximate surface area is 123 Å². The zero-order valence-electron chi connectivity index (χ0n) is 11.9. The molecule has 6 heteroatoms. The molecule has 0 amide bonds.